The van der Waals surface area contributed by atoms with Gasteiger partial charge < -0.3 is 15.2 Å². The van der Waals surface area contributed by atoms with Gasteiger partial charge in [0, 0.05) is 11.5 Å². The van der Waals surface area contributed by atoms with Crippen molar-refractivity contribution in [3.05, 3.63) is 59.7 Å². The SMILES string of the molecule is CCCOc1ccc(Oc2ccc3cc(CCN)ccc3n2)c(C)c1. The van der Waals surface area contributed by atoms with Crippen LogP contribution in [0.4, 0.5) is 0 Å². The molecule has 130 valence electrons. The first-order valence-electron chi connectivity index (χ1n) is 8.70. The van der Waals surface area contributed by atoms with E-state index in [1.54, 1.807) is 0 Å². The van der Waals surface area contributed by atoms with Crippen LogP contribution in [-0.4, -0.2) is 18.1 Å². The molecule has 0 aliphatic rings. The highest BCUT2D eigenvalue weighted by molar-refractivity contribution is 5.79. The molecule has 4 heteroatoms. The zero-order chi connectivity index (χ0) is 17.6. The number of hydrogen-bond donors (Lipinski definition) is 1. The molecule has 3 rings (SSSR count). The van der Waals surface area contributed by atoms with Crippen LogP contribution in [-0.2, 0) is 6.42 Å². The van der Waals surface area contributed by atoms with Gasteiger partial charge in [0.05, 0.1) is 12.1 Å². The van der Waals surface area contributed by atoms with Crippen LogP contribution in [0.3, 0.4) is 0 Å². The average Bonchev–Trinajstić information content (AvgIpc) is 2.62. The third kappa shape index (κ3) is 4.28. The van der Waals surface area contributed by atoms with Crippen molar-refractivity contribution in [1.29, 1.82) is 0 Å². The quantitative estimate of drug-likeness (QED) is 0.683. The maximum absolute atomic E-state index is 5.97. The number of pyridine rings is 1. The predicted octanol–water partition coefficient (Wildman–Crippen LogP) is 4.63. The number of benzene rings is 2. The van der Waals surface area contributed by atoms with E-state index in [9.17, 15) is 0 Å². The minimum absolute atomic E-state index is 0.587. The third-order valence-corrected chi connectivity index (χ3v) is 3.99. The minimum Gasteiger partial charge on any atom is -0.494 e. The van der Waals surface area contributed by atoms with Crippen molar-refractivity contribution in [3.8, 4) is 17.4 Å². The molecule has 0 radical (unpaired) electrons. The molecule has 0 bridgehead atoms. The van der Waals surface area contributed by atoms with Gasteiger partial charge in [0.2, 0.25) is 5.88 Å². The second-order valence-electron chi connectivity index (χ2n) is 6.09. The standard InChI is InChI=1S/C21H24N2O2/c1-3-12-24-18-6-8-20(15(2)13-18)25-21-9-5-17-14-16(10-11-22)4-7-19(17)23-21/h4-9,13-14H,3,10-12,22H2,1-2H3. The van der Waals surface area contributed by atoms with E-state index < -0.39 is 0 Å². The van der Waals surface area contributed by atoms with Crippen molar-refractivity contribution in [2.45, 2.75) is 26.7 Å². The second kappa shape index (κ2) is 7.99. The summed E-state index contributed by atoms with van der Waals surface area (Å²) in [5.74, 6) is 2.24. The number of fused-ring (bicyclic) bond motifs is 1. The van der Waals surface area contributed by atoms with E-state index in [2.05, 4.69) is 24.0 Å². The molecule has 1 heterocycles. The lowest BCUT2D eigenvalue weighted by atomic mass is 10.1. The Hall–Kier alpha value is -2.59. The molecular weight excluding hydrogens is 312 g/mol. The lowest BCUT2D eigenvalue weighted by Crippen LogP contribution is -2.02. The van der Waals surface area contributed by atoms with Crippen LogP contribution in [0.5, 0.6) is 17.4 Å². The Bertz CT molecular complexity index is 862. The highest BCUT2D eigenvalue weighted by Gasteiger charge is 2.06. The van der Waals surface area contributed by atoms with Crippen molar-refractivity contribution in [2.24, 2.45) is 5.73 Å². The van der Waals surface area contributed by atoms with E-state index in [0.717, 1.165) is 47.4 Å². The summed E-state index contributed by atoms with van der Waals surface area (Å²) in [5.41, 5.74) is 8.79. The summed E-state index contributed by atoms with van der Waals surface area (Å²) >= 11 is 0. The first kappa shape index (κ1) is 17.2. The van der Waals surface area contributed by atoms with Crippen LogP contribution in [0.2, 0.25) is 0 Å². The van der Waals surface area contributed by atoms with Gasteiger partial charge in [-0.3, -0.25) is 0 Å². The van der Waals surface area contributed by atoms with Gasteiger partial charge in [-0.2, -0.15) is 0 Å². The number of ether oxygens (including phenoxy) is 2. The molecule has 0 aliphatic carbocycles. The van der Waals surface area contributed by atoms with E-state index in [-0.39, 0.29) is 0 Å². The van der Waals surface area contributed by atoms with Crippen molar-refractivity contribution >= 4 is 10.9 Å². The van der Waals surface area contributed by atoms with Crippen molar-refractivity contribution in [2.75, 3.05) is 13.2 Å². The summed E-state index contributed by atoms with van der Waals surface area (Å²) in [4.78, 5) is 4.60. The molecule has 2 N–H and O–H groups in total. The van der Waals surface area contributed by atoms with Gasteiger partial charge in [-0.25, -0.2) is 4.98 Å². The summed E-state index contributed by atoms with van der Waals surface area (Å²) in [5, 5.41) is 1.10. The summed E-state index contributed by atoms with van der Waals surface area (Å²) in [7, 11) is 0. The van der Waals surface area contributed by atoms with Gasteiger partial charge in [-0.05, 0) is 73.8 Å². The Morgan fingerprint density at radius 2 is 1.92 bits per heavy atom. The normalized spacial score (nSPS) is 10.8. The zero-order valence-corrected chi connectivity index (χ0v) is 14.8. The third-order valence-electron chi connectivity index (χ3n) is 3.99. The van der Waals surface area contributed by atoms with Crippen LogP contribution in [0.25, 0.3) is 10.9 Å². The summed E-state index contributed by atoms with van der Waals surface area (Å²) < 4.78 is 11.6. The molecule has 1 aromatic heterocycles. The zero-order valence-electron chi connectivity index (χ0n) is 14.8. The van der Waals surface area contributed by atoms with Gasteiger partial charge >= 0.3 is 0 Å². The summed E-state index contributed by atoms with van der Waals surface area (Å²) in [6.07, 6.45) is 1.87. The first-order valence-corrected chi connectivity index (χ1v) is 8.70. The molecule has 0 atom stereocenters. The number of nitrogens with two attached hydrogens (primary N) is 1. The Labute approximate surface area is 148 Å². The molecule has 0 saturated heterocycles. The maximum atomic E-state index is 5.97. The van der Waals surface area contributed by atoms with Gasteiger partial charge in [-0.15, -0.1) is 0 Å². The predicted molar refractivity (Wildman–Crippen MR) is 102 cm³/mol. The largest absolute Gasteiger partial charge is 0.494 e. The molecular formula is C21H24N2O2. The Morgan fingerprint density at radius 1 is 1.04 bits per heavy atom. The molecule has 0 amide bonds. The monoisotopic (exact) mass is 336 g/mol. The number of rotatable bonds is 7. The van der Waals surface area contributed by atoms with Gasteiger partial charge in [0.15, 0.2) is 0 Å². The summed E-state index contributed by atoms with van der Waals surface area (Å²) in [6, 6.07) is 16.0. The van der Waals surface area contributed by atoms with Gasteiger partial charge in [0.25, 0.3) is 0 Å². The smallest absolute Gasteiger partial charge is 0.219 e. The van der Waals surface area contributed by atoms with Crippen LogP contribution in [0.1, 0.15) is 24.5 Å². The van der Waals surface area contributed by atoms with Gasteiger partial charge in [0.1, 0.15) is 11.5 Å². The molecule has 2 aromatic carbocycles. The lowest BCUT2D eigenvalue weighted by Gasteiger charge is -2.11. The number of aryl methyl sites for hydroxylation is 1. The van der Waals surface area contributed by atoms with Gasteiger partial charge in [-0.1, -0.05) is 13.0 Å². The van der Waals surface area contributed by atoms with Crippen LogP contribution in [0.15, 0.2) is 48.5 Å². The molecule has 0 unspecified atom stereocenters. The van der Waals surface area contributed by atoms with Crippen molar-refractivity contribution in [1.82, 2.24) is 4.98 Å². The molecule has 0 saturated carbocycles. The fraction of sp³-hybridized carbons (Fsp3) is 0.286. The molecule has 3 aromatic rings. The molecule has 4 nitrogen and oxygen atoms in total. The Balaban J connectivity index is 1.79. The van der Waals surface area contributed by atoms with E-state index in [0.29, 0.717) is 12.4 Å². The molecule has 25 heavy (non-hydrogen) atoms. The highest BCUT2D eigenvalue weighted by atomic mass is 16.5. The number of aromatic nitrogens is 1. The minimum atomic E-state index is 0.587. The number of hydrogen-bond acceptors (Lipinski definition) is 4. The fourth-order valence-corrected chi connectivity index (χ4v) is 2.69. The Morgan fingerprint density at radius 3 is 2.68 bits per heavy atom. The van der Waals surface area contributed by atoms with E-state index in [4.69, 9.17) is 15.2 Å². The topological polar surface area (TPSA) is 57.4 Å². The lowest BCUT2D eigenvalue weighted by molar-refractivity contribution is 0.316. The molecule has 0 aliphatic heterocycles. The average molecular weight is 336 g/mol. The van der Waals surface area contributed by atoms with Crippen molar-refractivity contribution < 1.29 is 9.47 Å². The van der Waals surface area contributed by atoms with Crippen molar-refractivity contribution in [3.63, 3.8) is 0 Å². The van der Waals surface area contributed by atoms with E-state index >= 15 is 0 Å². The molecule has 0 spiro atoms. The maximum Gasteiger partial charge on any atom is 0.219 e. The van der Waals surface area contributed by atoms with E-state index in [1.807, 2.05) is 43.3 Å². The highest BCUT2D eigenvalue weighted by Crippen LogP contribution is 2.28. The second-order valence-corrected chi connectivity index (χ2v) is 6.09. The van der Waals surface area contributed by atoms with Crippen LogP contribution < -0.4 is 15.2 Å². The molecule has 0 fully saturated rings. The fourth-order valence-electron chi connectivity index (χ4n) is 2.69. The van der Waals surface area contributed by atoms with E-state index in [1.165, 1.54) is 5.56 Å². The first-order chi connectivity index (χ1) is 12.2. The Kier molecular flexibility index (Phi) is 5.51. The number of nitrogens with zero attached hydrogens (tertiary/aromatic N) is 1. The van der Waals surface area contributed by atoms with Crippen LogP contribution >= 0.6 is 0 Å². The van der Waals surface area contributed by atoms with Crippen LogP contribution in [0, 0.1) is 6.92 Å². The summed E-state index contributed by atoms with van der Waals surface area (Å²) in [6.45, 7) is 5.47.